The number of fused-ring (bicyclic) bond motifs is 2. The van der Waals surface area contributed by atoms with Crippen molar-refractivity contribution in [2.45, 2.75) is 87.3 Å². The first-order valence-electron chi connectivity index (χ1n) is 14.0. The Kier molecular flexibility index (Phi) is 5.25. The van der Waals surface area contributed by atoms with Crippen LogP contribution in [0.25, 0.3) is 0 Å². The molecule has 6 aliphatic rings. The molecule has 198 valence electrons. The molecule has 1 aromatic rings. The Labute approximate surface area is 218 Å². The van der Waals surface area contributed by atoms with Gasteiger partial charge < -0.3 is 19.3 Å². The van der Waals surface area contributed by atoms with Crippen LogP contribution in [0.2, 0.25) is 0 Å². The number of hydrogen-bond acceptors (Lipinski definition) is 7. The third-order valence-electron chi connectivity index (χ3n) is 11.1. The van der Waals surface area contributed by atoms with Crippen molar-refractivity contribution in [3.05, 3.63) is 47.0 Å². The van der Waals surface area contributed by atoms with Gasteiger partial charge >= 0.3 is 11.9 Å². The van der Waals surface area contributed by atoms with Crippen molar-refractivity contribution in [2.75, 3.05) is 14.2 Å². The van der Waals surface area contributed by atoms with Crippen molar-refractivity contribution >= 4 is 11.9 Å². The smallest absolute Gasteiger partial charge is 0.338 e. The minimum atomic E-state index is -1.06. The first-order chi connectivity index (χ1) is 17.9. The lowest BCUT2D eigenvalue weighted by Gasteiger charge is -2.65. The highest BCUT2D eigenvalue weighted by molar-refractivity contribution is 5.95. The number of methoxy groups -OCH3 is 2. The molecule has 3 aliphatic heterocycles. The third kappa shape index (κ3) is 2.83. The average molecular weight is 508 g/mol. The molecule has 0 amide bonds. The molecule has 6 unspecified atom stereocenters. The van der Waals surface area contributed by atoms with Gasteiger partial charge in [-0.1, -0.05) is 24.6 Å². The molecule has 2 saturated carbocycles. The standard InChI is InChI=1S/C30H37NO6/c1-16-12-13-19-21-14-18-15-29(19,34)26-24(28(33)36-3)25(37-27(32)17-8-5-4-6-9-17)23-20(30(18,26)31(16)21)10-7-11-22(23)35-2/h4-6,8-9,16,18-23,25,34H,7,10-15H2,1-3H3/t16-,18+,19?,20+,21+,22?,23?,25?,29?,30+/m0/s1. The Morgan fingerprint density at radius 3 is 2.54 bits per heavy atom. The fourth-order valence-electron chi connectivity index (χ4n) is 10.2. The number of aliphatic hydroxyl groups is 1. The fourth-order valence-corrected chi connectivity index (χ4v) is 10.2. The van der Waals surface area contributed by atoms with E-state index in [0.717, 1.165) is 44.1 Å². The fraction of sp³-hybridized carbons (Fsp3) is 0.667. The van der Waals surface area contributed by atoms with Gasteiger partial charge in [0, 0.05) is 31.0 Å². The van der Waals surface area contributed by atoms with E-state index in [4.69, 9.17) is 14.2 Å². The molecule has 37 heavy (non-hydrogen) atoms. The van der Waals surface area contributed by atoms with Crippen molar-refractivity contribution in [3.8, 4) is 0 Å². The van der Waals surface area contributed by atoms with Crippen LogP contribution in [0.1, 0.15) is 62.2 Å². The van der Waals surface area contributed by atoms with Crippen molar-refractivity contribution in [2.24, 2.45) is 23.7 Å². The van der Waals surface area contributed by atoms with E-state index >= 15 is 0 Å². The number of nitrogens with zero attached hydrogens (tertiary/aromatic N) is 1. The Bertz CT molecular complexity index is 1170. The van der Waals surface area contributed by atoms with Gasteiger partial charge in [0.05, 0.1) is 35.5 Å². The van der Waals surface area contributed by atoms with Crippen LogP contribution in [-0.2, 0) is 19.0 Å². The zero-order valence-electron chi connectivity index (χ0n) is 21.9. The van der Waals surface area contributed by atoms with Crippen LogP contribution in [0.15, 0.2) is 41.5 Å². The predicted octanol–water partition coefficient (Wildman–Crippen LogP) is 3.50. The second kappa shape index (κ2) is 8.14. The summed E-state index contributed by atoms with van der Waals surface area (Å²) in [5, 5.41) is 12.5. The number of esters is 2. The van der Waals surface area contributed by atoms with Crippen LogP contribution in [0.5, 0.6) is 0 Å². The molecule has 5 bridgehead atoms. The SMILES string of the molecule is COC(=O)C1=C2C3(O)C[C@H]4C[C@@H]5C3CC[C@H](C)N5[C@]24[C@@H]2CCCC(OC)C2C1OC(=O)c1ccccc1. The molecule has 1 spiro atoms. The van der Waals surface area contributed by atoms with Crippen molar-refractivity contribution in [3.63, 3.8) is 0 Å². The molecular formula is C30H37NO6. The number of carbonyl (C=O) groups is 2. The number of piperidine rings is 2. The van der Waals surface area contributed by atoms with Crippen molar-refractivity contribution in [1.29, 1.82) is 0 Å². The molecule has 0 aromatic heterocycles. The summed E-state index contributed by atoms with van der Waals surface area (Å²) in [6, 6.07) is 9.64. The molecule has 0 radical (unpaired) electrons. The number of hydrogen-bond donors (Lipinski definition) is 1. The number of carbonyl (C=O) groups excluding carboxylic acids is 2. The first kappa shape index (κ1) is 23.9. The highest BCUT2D eigenvalue weighted by Gasteiger charge is 2.81. The number of ether oxygens (including phenoxy) is 3. The normalized spacial score (nSPS) is 46.9. The quantitative estimate of drug-likeness (QED) is 0.625. The van der Waals surface area contributed by atoms with Gasteiger partial charge in [-0.05, 0) is 75.0 Å². The van der Waals surface area contributed by atoms with Crippen LogP contribution in [0, 0.1) is 23.7 Å². The second-order valence-corrected chi connectivity index (χ2v) is 12.3. The van der Waals surface area contributed by atoms with Crippen molar-refractivity contribution < 1.29 is 28.9 Å². The van der Waals surface area contributed by atoms with Gasteiger partial charge in [0.1, 0.15) is 6.10 Å². The summed E-state index contributed by atoms with van der Waals surface area (Å²) in [5.74, 6) is -0.629. The molecule has 7 rings (SSSR count). The molecule has 3 aliphatic carbocycles. The van der Waals surface area contributed by atoms with E-state index in [9.17, 15) is 14.7 Å². The zero-order chi connectivity index (χ0) is 25.7. The van der Waals surface area contributed by atoms with Crippen LogP contribution >= 0.6 is 0 Å². The minimum Gasteiger partial charge on any atom is -0.466 e. The monoisotopic (exact) mass is 507 g/mol. The van der Waals surface area contributed by atoms with Gasteiger partial charge in [-0.2, -0.15) is 0 Å². The molecule has 7 nitrogen and oxygen atoms in total. The predicted molar refractivity (Wildman–Crippen MR) is 135 cm³/mol. The molecule has 1 aromatic carbocycles. The lowest BCUT2D eigenvalue weighted by molar-refractivity contribution is -0.164. The molecular weight excluding hydrogens is 470 g/mol. The second-order valence-electron chi connectivity index (χ2n) is 12.3. The van der Waals surface area contributed by atoms with Gasteiger partial charge in [0.15, 0.2) is 0 Å². The maximum atomic E-state index is 13.8. The van der Waals surface area contributed by atoms with Gasteiger partial charge in [-0.25, -0.2) is 9.59 Å². The van der Waals surface area contributed by atoms with E-state index in [-0.39, 0.29) is 29.8 Å². The van der Waals surface area contributed by atoms with E-state index in [0.29, 0.717) is 29.6 Å². The van der Waals surface area contributed by atoms with Gasteiger partial charge in [-0.3, -0.25) is 4.90 Å². The van der Waals surface area contributed by atoms with Gasteiger partial charge in [-0.15, -0.1) is 0 Å². The van der Waals surface area contributed by atoms with E-state index in [1.165, 1.54) is 7.11 Å². The third-order valence-corrected chi connectivity index (χ3v) is 11.1. The Morgan fingerprint density at radius 1 is 1.03 bits per heavy atom. The molecule has 1 N–H and O–H groups in total. The highest BCUT2D eigenvalue weighted by atomic mass is 16.6. The Balaban J connectivity index is 1.48. The summed E-state index contributed by atoms with van der Waals surface area (Å²) >= 11 is 0. The van der Waals surface area contributed by atoms with Gasteiger partial charge in [0.25, 0.3) is 0 Å². The molecule has 7 heteroatoms. The van der Waals surface area contributed by atoms with E-state index in [1.807, 2.05) is 6.07 Å². The number of benzene rings is 1. The largest absolute Gasteiger partial charge is 0.466 e. The van der Waals surface area contributed by atoms with Crippen LogP contribution < -0.4 is 0 Å². The lowest BCUT2D eigenvalue weighted by Crippen LogP contribution is -2.73. The summed E-state index contributed by atoms with van der Waals surface area (Å²) < 4.78 is 17.8. The maximum Gasteiger partial charge on any atom is 0.338 e. The summed E-state index contributed by atoms with van der Waals surface area (Å²) in [6.07, 6.45) is 5.60. The topological polar surface area (TPSA) is 85.3 Å². The van der Waals surface area contributed by atoms with Crippen LogP contribution in [0.4, 0.5) is 0 Å². The molecule has 5 fully saturated rings. The van der Waals surface area contributed by atoms with Crippen molar-refractivity contribution in [1.82, 2.24) is 4.90 Å². The maximum absolute atomic E-state index is 13.8. The summed E-state index contributed by atoms with van der Waals surface area (Å²) in [5.41, 5.74) is 0.185. The zero-order valence-corrected chi connectivity index (χ0v) is 21.9. The van der Waals surface area contributed by atoms with E-state index < -0.39 is 29.2 Å². The Morgan fingerprint density at radius 2 is 1.81 bits per heavy atom. The van der Waals surface area contributed by atoms with E-state index in [1.54, 1.807) is 31.4 Å². The molecule has 3 saturated heterocycles. The number of rotatable bonds is 4. The lowest BCUT2D eigenvalue weighted by atomic mass is 9.53. The first-order valence-corrected chi connectivity index (χ1v) is 14.0. The van der Waals surface area contributed by atoms with Crippen LogP contribution in [0.3, 0.4) is 0 Å². The average Bonchev–Trinajstić information content (AvgIpc) is 3.32. The molecule has 3 heterocycles. The van der Waals surface area contributed by atoms with Gasteiger partial charge in [0.2, 0.25) is 0 Å². The summed E-state index contributed by atoms with van der Waals surface area (Å²) in [6.45, 7) is 2.31. The highest BCUT2D eigenvalue weighted by Crippen LogP contribution is 2.75. The van der Waals surface area contributed by atoms with Crippen LogP contribution in [-0.4, -0.2) is 71.6 Å². The van der Waals surface area contributed by atoms with E-state index in [2.05, 4.69) is 11.8 Å². The Hall–Kier alpha value is -2.22. The molecule has 11 atom stereocenters. The summed E-state index contributed by atoms with van der Waals surface area (Å²) in [4.78, 5) is 29.9. The minimum absolute atomic E-state index is 0.0917. The summed E-state index contributed by atoms with van der Waals surface area (Å²) in [7, 11) is 3.11.